The van der Waals surface area contributed by atoms with E-state index >= 15 is 0 Å². The van der Waals surface area contributed by atoms with Crippen LogP contribution in [0.25, 0.3) is 16.8 Å². The number of aldehydes is 1. The van der Waals surface area contributed by atoms with Crippen molar-refractivity contribution in [1.29, 1.82) is 0 Å². The Balaban J connectivity index is 0.000000392. The van der Waals surface area contributed by atoms with Gasteiger partial charge in [0.25, 0.3) is 0 Å². The van der Waals surface area contributed by atoms with Crippen molar-refractivity contribution in [3.05, 3.63) is 60.7 Å². The number of likely N-dealkylation sites (tertiary alicyclic amines) is 1. The standard InChI is InChI=1S/C19H24O2.C9H16N2O3.C9H13NOS.C4H10.C2H5N.C2H4O/c1-19(2,14-20-3)11-7-10-17-12-15-8-5-6-9-16(15)13-18(17)21-4;1-3-8(12)11-5-6(14-2)4-7(11)9(10)13;1-2-6-5-8(6)9(11)10-12-7-3-4-7;1-4(2)3;1-2-3-1;1-2-3/h5-10,12-13H,11,14H2,1-4H3;6-7H,3-5H2,1-2H3,(H2,10,13);2,6-8H,1,3-5H2,(H,10,11);4H,1-3H3;3H,1-2H2;2H,1H3/b10-7-;;;;;. The predicted molar refractivity (Wildman–Crippen MR) is 236 cm³/mol. The van der Waals surface area contributed by atoms with Crippen LogP contribution in [0, 0.1) is 23.2 Å². The van der Waals surface area contributed by atoms with Crippen molar-refractivity contribution in [3.63, 3.8) is 0 Å². The lowest BCUT2D eigenvalue weighted by molar-refractivity contribution is -0.137. The van der Waals surface area contributed by atoms with E-state index in [1.54, 1.807) is 40.2 Å². The predicted octanol–water partition coefficient (Wildman–Crippen LogP) is 7.61. The molecule has 2 saturated heterocycles. The minimum absolute atomic E-state index is 0.0478. The number of methoxy groups -OCH3 is 3. The molecule has 57 heavy (non-hydrogen) atoms. The molecule has 320 valence electrons. The molecule has 2 heterocycles. The highest BCUT2D eigenvalue weighted by Gasteiger charge is 2.41. The first-order valence-electron chi connectivity index (χ1n) is 20.1. The SMILES string of the molecule is C1CN1.C=CC1CC1C(=O)NSC1CC1.CC(C)C.CC=O.CCC(=O)N1CC(OC)CC1C(N)=O.COCC(C)(C)C/C=C\c1cc2ccccc2cc1OC. The molecule has 6 rings (SSSR count). The van der Waals surface area contributed by atoms with Gasteiger partial charge in [-0.3, -0.25) is 19.1 Å². The second kappa shape index (κ2) is 27.8. The van der Waals surface area contributed by atoms with E-state index in [0.717, 1.165) is 43.0 Å². The Labute approximate surface area is 347 Å². The van der Waals surface area contributed by atoms with Crippen LogP contribution in [0.15, 0.2) is 55.1 Å². The van der Waals surface area contributed by atoms with E-state index < -0.39 is 11.9 Å². The van der Waals surface area contributed by atoms with E-state index in [1.807, 2.05) is 12.1 Å². The van der Waals surface area contributed by atoms with Crippen LogP contribution in [0.3, 0.4) is 0 Å². The molecule has 2 aliphatic heterocycles. The van der Waals surface area contributed by atoms with E-state index in [4.69, 9.17) is 24.7 Å². The summed E-state index contributed by atoms with van der Waals surface area (Å²) in [5.41, 5.74) is 6.47. The Hall–Kier alpha value is -3.71. The highest BCUT2D eigenvalue weighted by atomic mass is 32.2. The summed E-state index contributed by atoms with van der Waals surface area (Å²) >= 11 is 1.60. The summed E-state index contributed by atoms with van der Waals surface area (Å²) in [4.78, 5) is 44.2. The average molecular weight is 813 g/mol. The average Bonchev–Trinajstić information content (AvgIpc) is 4.04. The molecule has 0 radical (unpaired) electrons. The molecule has 4 atom stereocenters. The minimum Gasteiger partial charge on any atom is -0.496 e. The summed E-state index contributed by atoms with van der Waals surface area (Å²) in [7, 11) is 5.04. The number of ether oxygens (including phenoxy) is 3. The number of fused-ring (bicyclic) bond motifs is 1. The van der Waals surface area contributed by atoms with Crippen LogP contribution < -0.4 is 20.5 Å². The molecule has 0 aromatic heterocycles. The second-order valence-corrected chi connectivity index (χ2v) is 16.9. The van der Waals surface area contributed by atoms with Gasteiger partial charge in [0.15, 0.2) is 0 Å². The van der Waals surface area contributed by atoms with Gasteiger partial charge in [-0.2, -0.15) is 0 Å². The highest BCUT2D eigenvalue weighted by Crippen LogP contribution is 2.40. The summed E-state index contributed by atoms with van der Waals surface area (Å²) in [6, 6.07) is 12.1. The Morgan fingerprint density at radius 2 is 1.65 bits per heavy atom. The van der Waals surface area contributed by atoms with Crippen LogP contribution in [0.2, 0.25) is 0 Å². The van der Waals surface area contributed by atoms with Crippen molar-refractivity contribution in [2.75, 3.05) is 47.6 Å². The zero-order valence-corrected chi connectivity index (χ0v) is 37.1. The molecular weight excluding hydrogens is 741 g/mol. The molecule has 2 aromatic rings. The molecule has 4 unspecified atom stereocenters. The third-order valence-corrected chi connectivity index (χ3v) is 9.85. The smallest absolute Gasteiger partial charge is 0.240 e. The fraction of sp³-hybridized carbons (Fsp3) is 0.600. The van der Waals surface area contributed by atoms with Gasteiger partial charge in [0.2, 0.25) is 17.7 Å². The maximum atomic E-state index is 11.5. The number of amides is 3. The molecule has 2 aromatic carbocycles. The number of hydrogen-bond donors (Lipinski definition) is 3. The Morgan fingerprint density at radius 1 is 1.07 bits per heavy atom. The summed E-state index contributed by atoms with van der Waals surface area (Å²) in [6.45, 7) is 21.5. The number of nitrogens with two attached hydrogens (primary N) is 1. The third-order valence-electron chi connectivity index (χ3n) is 8.73. The van der Waals surface area contributed by atoms with Gasteiger partial charge in [-0.15, -0.1) is 6.58 Å². The number of hydrogen-bond acceptors (Lipinski definition) is 9. The highest BCUT2D eigenvalue weighted by molar-refractivity contribution is 7.98. The van der Waals surface area contributed by atoms with Crippen LogP contribution >= 0.6 is 11.9 Å². The lowest BCUT2D eigenvalue weighted by atomic mass is 9.90. The quantitative estimate of drug-likeness (QED) is 0.0801. The second-order valence-electron chi connectivity index (χ2n) is 15.8. The molecule has 2 aliphatic carbocycles. The van der Waals surface area contributed by atoms with Crippen molar-refractivity contribution in [2.45, 2.75) is 104 Å². The van der Waals surface area contributed by atoms with Gasteiger partial charge in [0, 0.05) is 63.4 Å². The minimum atomic E-state index is -0.493. The van der Waals surface area contributed by atoms with Gasteiger partial charge in [-0.05, 0) is 84.7 Å². The van der Waals surface area contributed by atoms with Crippen LogP contribution in [0.4, 0.5) is 0 Å². The Kier molecular flexibility index (Phi) is 25.1. The number of primary amides is 1. The van der Waals surface area contributed by atoms with Gasteiger partial charge < -0.3 is 35.0 Å². The molecular formula is C45H72N4O7S. The molecule has 11 nitrogen and oxygen atoms in total. The van der Waals surface area contributed by atoms with E-state index in [-0.39, 0.29) is 29.3 Å². The topological polar surface area (TPSA) is 159 Å². The number of rotatable bonds is 13. The number of allylic oxidation sites excluding steroid dienone is 2. The third kappa shape index (κ3) is 22.1. The van der Waals surface area contributed by atoms with E-state index in [2.05, 4.69) is 93.7 Å². The van der Waals surface area contributed by atoms with Crippen molar-refractivity contribution in [1.82, 2.24) is 14.9 Å². The largest absolute Gasteiger partial charge is 0.496 e. The monoisotopic (exact) mass is 813 g/mol. The lowest BCUT2D eigenvalue weighted by Crippen LogP contribution is -2.43. The number of nitrogens with zero attached hydrogens (tertiary/aromatic N) is 1. The van der Waals surface area contributed by atoms with Gasteiger partial charge >= 0.3 is 0 Å². The van der Waals surface area contributed by atoms with Crippen molar-refractivity contribution < 1.29 is 33.4 Å². The van der Waals surface area contributed by atoms with E-state index in [0.29, 0.717) is 30.6 Å². The van der Waals surface area contributed by atoms with Crippen LogP contribution in [0.1, 0.15) is 92.6 Å². The summed E-state index contributed by atoms with van der Waals surface area (Å²) < 4.78 is 18.8. The number of benzene rings is 2. The fourth-order valence-corrected chi connectivity index (χ4v) is 6.20. The molecule has 3 amide bonds. The zero-order chi connectivity index (χ0) is 43.0. The maximum absolute atomic E-state index is 11.5. The van der Waals surface area contributed by atoms with Crippen LogP contribution in [0.5, 0.6) is 5.75 Å². The normalized spacial score (nSPS) is 20.0. The molecule has 4 N–H and O–H groups in total. The Bertz CT molecular complexity index is 1540. The van der Waals surface area contributed by atoms with Crippen molar-refractivity contribution in [3.8, 4) is 5.75 Å². The Morgan fingerprint density at radius 3 is 2.09 bits per heavy atom. The summed E-state index contributed by atoms with van der Waals surface area (Å²) in [5.74, 6) is 2.13. The number of carbonyl (C=O) groups excluding carboxylic acids is 4. The van der Waals surface area contributed by atoms with Crippen LogP contribution in [-0.4, -0.2) is 93.9 Å². The fourth-order valence-electron chi connectivity index (χ4n) is 5.39. The van der Waals surface area contributed by atoms with Crippen molar-refractivity contribution in [2.24, 2.45) is 28.9 Å². The van der Waals surface area contributed by atoms with E-state index in [1.165, 1.54) is 48.5 Å². The summed E-state index contributed by atoms with van der Waals surface area (Å²) in [6.07, 6.45) is 12.3. The molecule has 12 heteroatoms. The van der Waals surface area contributed by atoms with Gasteiger partial charge in [-0.25, -0.2) is 0 Å². The number of carbonyl (C=O) groups is 4. The summed E-state index contributed by atoms with van der Waals surface area (Å²) in [5, 5.41) is 6.13. The first-order valence-corrected chi connectivity index (χ1v) is 21.0. The number of nitrogens with one attached hydrogen (secondary N) is 2. The van der Waals surface area contributed by atoms with Gasteiger partial charge in [0.05, 0.1) is 19.8 Å². The molecule has 2 saturated carbocycles. The van der Waals surface area contributed by atoms with Gasteiger partial charge in [0.1, 0.15) is 18.1 Å². The first-order chi connectivity index (χ1) is 27.1. The van der Waals surface area contributed by atoms with Crippen molar-refractivity contribution >= 4 is 52.8 Å². The first kappa shape index (κ1) is 51.3. The maximum Gasteiger partial charge on any atom is 0.240 e. The van der Waals surface area contributed by atoms with Crippen LogP contribution in [-0.2, 0) is 28.7 Å². The van der Waals surface area contributed by atoms with E-state index in [9.17, 15) is 14.4 Å². The molecule has 4 fully saturated rings. The zero-order valence-electron chi connectivity index (χ0n) is 36.3. The molecule has 4 aliphatic rings. The van der Waals surface area contributed by atoms with Gasteiger partial charge in [-0.1, -0.05) is 84.0 Å². The molecule has 0 spiro atoms. The lowest BCUT2D eigenvalue weighted by Gasteiger charge is -2.21. The molecule has 0 bridgehead atoms.